The molecule has 0 unspecified atom stereocenters. The lowest BCUT2D eigenvalue weighted by atomic mass is 10.2. The number of rotatable bonds is 2. The Morgan fingerprint density at radius 2 is 2.33 bits per heavy atom. The molecule has 0 rings (SSSR count). The lowest BCUT2D eigenvalue weighted by molar-refractivity contribution is 0.252. The zero-order chi connectivity index (χ0) is 4.99. The summed E-state index contributed by atoms with van der Waals surface area (Å²) in [6.07, 6.45) is 0. The first-order valence-corrected chi connectivity index (χ1v) is 3.50. The van der Waals surface area contributed by atoms with Crippen molar-refractivity contribution in [2.45, 2.75) is 6.92 Å². The molecule has 0 aliphatic heterocycles. The smallest absolute Gasteiger partial charge is 0.0463 e. The molecule has 0 spiro atoms. The van der Waals surface area contributed by atoms with Crippen LogP contribution in [0.4, 0.5) is 0 Å². The van der Waals surface area contributed by atoms with Crippen molar-refractivity contribution in [1.82, 2.24) is 0 Å². The number of hydrogen-bond donors (Lipinski definition) is 1. The maximum atomic E-state index is 8.33. The van der Waals surface area contributed by atoms with E-state index in [0.29, 0.717) is 12.5 Å². The fraction of sp³-hybridized carbons (Fsp3) is 1.00. The summed E-state index contributed by atoms with van der Waals surface area (Å²) in [6, 6.07) is 0. The van der Waals surface area contributed by atoms with Gasteiger partial charge in [-0.2, -0.15) is 0 Å². The van der Waals surface area contributed by atoms with E-state index in [2.05, 4.69) is 22.6 Å². The number of alkyl halides is 1. The molecule has 6 heavy (non-hydrogen) atoms. The third-order valence-electron chi connectivity index (χ3n) is 0.575. The minimum absolute atomic E-state index is 0.322. The molecule has 0 heterocycles. The molecule has 1 N–H and O–H groups in total. The quantitative estimate of drug-likeness (QED) is 0.521. The highest BCUT2D eigenvalue weighted by Gasteiger charge is 1.91. The van der Waals surface area contributed by atoms with Crippen molar-refractivity contribution in [3.05, 3.63) is 0 Å². The third kappa shape index (κ3) is 2.90. The first-order valence-electron chi connectivity index (χ1n) is 1.98. The lowest BCUT2D eigenvalue weighted by Gasteiger charge is -1.96. The van der Waals surface area contributed by atoms with Crippen LogP contribution in [0.1, 0.15) is 6.92 Å². The molecule has 0 aliphatic rings. The second-order valence-corrected chi connectivity index (χ2v) is 2.32. The predicted molar refractivity (Wildman–Crippen MR) is 35.1 cm³/mol. The summed E-state index contributed by atoms with van der Waals surface area (Å²) in [6.45, 7) is 2.34. The van der Waals surface area contributed by atoms with Gasteiger partial charge >= 0.3 is 0 Å². The van der Waals surface area contributed by atoms with Crippen molar-refractivity contribution in [2.75, 3.05) is 11.0 Å². The van der Waals surface area contributed by atoms with Crippen LogP contribution in [0.5, 0.6) is 0 Å². The van der Waals surface area contributed by atoms with E-state index in [1.54, 1.807) is 0 Å². The van der Waals surface area contributed by atoms with Gasteiger partial charge in [-0.15, -0.1) is 0 Å². The van der Waals surface area contributed by atoms with Crippen LogP contribution in [0, 0.1) is 5.92 Å². The van der Waals surface area contributed by atoms with Gasteiger partial charge in [0.25, 0.3) is 0 Å². The summed E-state index contributed by atoms with van der Waals surface area (Å²) in [5.74, 6) is 0.477. The number of hydrogen-bond acceptors (Lipinski definition) is 1. The Morgan fingerprint density at radius 3 is 2.33 bits per heavy atom. The van der Waals surface area contributed by atoms with Crippen molar-refractivity contribution in [1.29, 1.82) is 0 Å². The van der Waals surface area contributed by atoms with Gasteiger partial charge in [0.2, 0.25) is 0 Å². The van der Waals surface area contributed by atoms with Gasteiger partial charge in [-0.1, -0.05) is 29.5 Å². The van der Waals surface area contributed by atoms with Crippen LogP contribution in [0.15, 0.2) is 0 Å². The highest BCUT2D eigenvalue weighted by molar-refractivity contribution is 14.1. The average molecular weight is 200 g/mol. The largest absolute Gasteiger partial charge is 0.396 e. The van der Waals surface area contributed by atoms with Crippen LogP contribution in [-0.2, 0) is 0 Å². The van der Waals surface area contributed by atoms with E-state index in [9.17, 15) is 0 Å². The van der Waals surface area contributed by atoms with Gasteiger partial charge in [-0.3, -0.25) is 0 Å². The predicted octanol–water partition coefficient (Wildman–Crippen LogP) is 1.05. The Bertz CT molecular complexity index is 26.7. The van der Waals surface area contributed by atoms with Crippen molar-refractivity contribution in [2.24, 2.45) is 5.92 Å². The van der Waals surface area contributed by atoms with Crippen molar-refractivity contribution < 1.29 is 5.11 Å². The fourth-order valence-corrected chi connectivity index (χ4v) is 0.327. The van der Waals surface area contributed by atoms with Crippen molar-refractivity contribution in [3.8, 4) is 0 Å². The van der Waals surface area contributed by atoms with Gasteiger partial charge in [0.05, 0.1) is 0 Å². The summed E-state index contributed by atoms with van der Waals surface area (Å²) in [7, 11) is 0. The van der Waals surface area contributed by atoms with E-state index < -0.39 is 0 Å². The van der Waals surface area contributed by atoms with Gasteiger partial charge in [0, 0.05) is 11.0 Å². The summed E-state index contributed by atoms with van der Waals surface area (Å²) in [4.78, 5) is 0. The Balaban J connectivity index is 2.75. The van der Waals surface area contributed by atoms with Crippen molar-refractivity contribution in [3.63, 3.8) is 0 Å². The average Bonchev–Trinajstić information content (AvgIpc) is 1.65. The van der Waals surface area contributed by atoms with E-state index in [1.807, 2.05) is 6.92 Å². The van der Waals surface area contributed by atoms with Gasteiger partial charge in [-0.05, 0) is 5.92 Å². The lowest BCUT2D eigenvalue weighted by Crippen LogP contribution is -1.99. The maximum Gasteiger partial charge on any atom is 0.0463 e. The van der Waals surface area contributed by atoms with Crippen LogP contribution >= 0.6 is 22.6 Å². The molecule has 0 fully saturated rings. The standard InChI is InChI=1S/C4H9IO/c1-4(2-5)3-6/h4,6H,2-3H2,1H3/t4-/m0/s1. The normalized spacial score (nSPS) is 14.5. The summed E-state index contributed by atoms with van der Waals surface area (Å²) >= 11 is 2.25. The molecule has 0 aromatic heterocycles. The molecular weight excluding hydrogens is 191 g/mol. The zero-order valence-corrected chi connectivity index (χ0v) is 5.97. The molecule has 0 saturated heterocycles. The van der Waals surface area contributed by atoms with E-state index >= 15 is 0 Å². The number of halogens is 1. The van der Waals surface area contributed by atoms with E-state index in [0.717, 1.165) is 4.43 Å². The summed E-state index contributed by atoms with van der Waals surface area (Å²) in [5.41, 5.74) is 0. The maximum absolute atomic E-state index is 8.33. The molecule has 0 aliphatic carbocycles. The molecular formula is C4H9IO. The first-order chi connectivity index (χ1) is 2.81. The topological polar surface area (TPSA) is 20.2 Å². The Hall–Kier alpha value is 0.690. The molecule has 0 aromatic carbocycles. The summed E-state index contributed by atoms with van der Waals surface area (Å²) in [5, 5.41) is 8.33. The van der Waals surface area contributed by atoms with E-state index in [-0.39, 0.29) is 0 Å². The van der Waals surface area contributed by atoms with Gasteiger partial charge < -0.3 is 5.11 Å². The third-order valence-corrected chi connectivity index (χ3v) is 2.08. The molecule has 0 saturated carbocycles. The SMILES string of the molecule is C[C@H](CO)CI. The molecule has 2 heteroatoms. The van der Waals surface area contributed by atoms with Crippen LogP contribution in [0.2, 0.25) is 0 Å². The molecule has 1 nitrogen and oxygen atoms in total. The highest BCUT2D eigenvalue weighted by Crippen LogP contribution is 1.96. The Morgan fingerprint density at radius 1 is 1.83 bits per heavy atom. The van der Waals surface area contributed by atoms with E-state index in [4.69, 9.17) is 5.11 Å². The second kappa shape index (κ2) is 3.87. The van der Waals surface area contributed by atoms with E-state index in [1.165, 1.54) is 0 Å². The number of aliphatic hydroxyl groups is 1. The van der Waals surface area contributed by atoms with Gasteiger partial charge in [0.15, 0.2) is 0 Å². The van der Waals surface area contributed by atoms with Crippen LogP contribution in [0.3, 0.4) is 0 Å². The van der Waals surface area contributed by atoms with Gasteiger partial charge in [-0.25, -0.2) is 0 Å². The number of aliphatic hydroxyl groups excluding tert-OH is 1. The minimum Gasteiger partial charge on any atom is -0.396 e. The van der Waals surface area contributed by atoms with Crippen LogP contribution < -0.4 is 0 Å². The zero-order valence-electron chi connectivity index (χ0n) is 3.82. The van der Waals surface area contributed by atoms with Crippen LogP contribution in [0.25, 0.3) is 0 Å². The molecule has 0 amide bonds. The first kappa shape index (κ1) is 6.69. The molecule has 0 bridgehead atoms. The fourth-order valence-electron chi connectivity index (χ4n) is 0.0488. The van der Waals surface area contributed by atoms with Crippen molar-refractivity contribution >= 4 is 22.6 Å². The summed E-state index contributed by atoms with van der Waals surface area (Å²) < 4.78 is 1.05. The molecule has 38 valence electrons. The highest BCUT2D eigenvalue weighted by atomic mass is 127. The monoisotopic (exact) mass is 200 g/mol. The molecule has 1 atom stereocenters. The Kier molecular flexibility index (Phi) is 4.31. The molecule has 0 radical (unpaired) electrons. The molecule has 0 aromatic rings. The Labute approximate surface area is 51.9 Å². The minimum atomic E-state index is 0.322. The second-order valence-electron chi connectivity index (χ2n) is 1.44. The van der Waals surface area contributed by atoms with Crippen LogP contribution in [-0.4, -0.2) is 16.1 Å². The van der Waals surface area contributed by atoms with Gasteiger partial charge in [0.1, 0.15) is 0 Å².